The molecule has 0 aliphatic carbocycles. The van der Waals surface area contributed by atoms with Crippen LogP contribution < -0.4 is 10.9 Å². The Balaban J connectivity index is 0.000000423. The van der Waals surface area contributed by atoms with Crippen LogP contribution in [0.2, 0.25) is 0 Å². The monoisotopic (exact) mass is 457 g/mol. The molecule has 1 heterocycles. The number of halogens is 3. The Labute approximate surface area is 175 Å². The van der Waals surface area contributed by atoms with E-state index in [9.17, 15) is 21.6 Å². The molecule has 0 aliphatic heterocycles. The third kappa shape index (κ3) is 6.64. The van der Waals surface area contributed by atoms with E-state index >= 15 is 0 Å². The normalized spacial score (nSPS) is 11.5. The molecule has 5 N–H and O–H groups in total. The largest absolute Gasteiger partial charge is 0.490 e. The number of aliphatic carboxylic acids is 1. The van der Waals surface area contributed by atoms with Crippen LogP contribution in [0.3, 0.4) is 0 Å². The number of nitrogens with zero attached hydrogens (tertiary/aromatic N) is 1. The zero-order chi connectivity index (χ0) is 23.2. The highest BCUT2D eigenvalue weighted by atomic mass is 32.2. The van der Waals surface area contributed by atoms with Crippen LogP contribution >= 0.6 is 0 Å². The van der Waals surface area contributed by atoms with Crippen molar-refractivity contribution in [2.45, 2.75) is 17.5 Å². The van der Waals surface area contributed by atoms with E-state index in [1.165, 1.54) is 12.1 Å². The predicted octanol–water partition coefficient (Wildman–Crippen LogP) is 2.79. The van der Waals surface area contributed by atoms with Gasteiger partial charge in [0.25, 0.3) is 0 Å². The maximum Gasteiger partial charge on any atom is 0.490 e. The molecule has 0 radical (unpaired) electrons. The van der Waals surface area contributed by atoms with Gasteiger partial charge in [-0.1, -0.05) is 30.3 Å². The molecule has 166 valence electrons. The van der Waals surface area contributed by atoms with Crippen LogP contribution in [-0.2, 0) is 21.2 Å². The van der Waals surface area contributed by atoms with Gasteiger partial charge in [-0.05, 0) is 24.3 Å². The quantitative estimate of drug-likeness (QED) is 0.533. The summed E-state index contributed by atoms with van der Waals surface area (Å²) in [5.74, 6) is -1.64. The zero-order valence-electron chi connectivity index (χ0n) is 15.8. The van der Waals surface area contributed by atoms with Crippen LogP contribution in [0.4, 0.5) is 13.2 Å². The van der Waals surface area contributed by atoms with Crippen LogP contribution in [0.15, 0.2) is 63.9 Å². The van der Waals surface area contributed by atoms with E-state index in [0.717, 1.165) is 11.1 Å². The fraction of sp³-hybridized carbons (Fsp3) is 0.158. The van der Waals surface area contributed by atoms with Crippen molar-refractivity contribution in [3.63, 3.8) is 0 Å². The number of carbonyl (C=O) groups is 1. The fourth-order valence-electron chi connectivity index (χ4n) is 2.38. The summed E-state index contributed by atoms with van der Waals surface area (Å²) in [5.41, 5.74) is 7.91. The highest BCUT2D eigenvalue weighted by Gasteiger charge is 2.38. The van der Waals surface area contributed by atoms with Gasteiger partial charge in [0.05, 0.1) is 4.90 Å². The van der Waals surface area contributed by atoms with Crippen LogP contribution in [0.1, 0.15) is 5.89 Å². The van der Waals surface area contributed by atoms with Crippen molar-refractivity contribution in [3.8, 4) is 22.6 Å². The standard InChI is InChI=1S/C17H17N3O3S.C2HF3O2/c18-11-10-15-20-16(12-4-2-1-3-5-12)17(23-15)13-6-8-14(9-7-13)24(19,21)22;3-2(4,5)1(6)7/h1-9H,10-11,18H2,(H2,19,21,22);(H,6,7). The first-order chi connectivity index (χ1) is 14.4. The van der Waals surface area contributed by atoms with E-state index in [0.29, 0.717) is 30.3 Å². The number of aromatic nitrogens is 1. The highest BCUT2D eigenvalue weighted by molar-refractivity contribution is 7.89. The average Bonchev–Trinajstić information content (AvgIpc) is 3.12. The second-order valence-corrected chi connectivity index (χ2v) is 7.62. The number of rotatable bonds is 5. The van der Waals surface area contributed by atoms with Gasteiger partial charge in [-0.25, -0.2) is 23.3 Å². The summed E-state index contributed by atoms with van der Waals surface area (Å²) in [6, 6.07) is 15.8. The maximum atomic E-state index is 11.4. The molecule has 12 heteroatoms. The summed E-state index contributed by atoms with van der Waals surface area (Å²) < 4.78 is 60.4. The van der Waals surface area contributed by atoms with Gasteiger partial charge in [-0.15, -0.1) is 0 Å². The van der Waals surface area contributed by atoms with Crippen molar-refractivity contribution >= 4 is 16.0 Å². The molecular formula is C19H18F3N3O5S. The molecule has 0 unspecified atom stereocenters. The van der Waals surface area contributed by atoms with Crippen molar-refractivity contribution in [2.24, 2.45) is 10.9 Å². The summed E-state index contributed by atoms with van der Waals surface area (Å²) >= 11 is 0. The lowest BCUT2D eigenvalue weighted by Gasteiger charge is -2.03. The third-order valence-corrected chi connectivity index (χ3v) is 4.69. The van der Waals surface area contributed by atoms with Crippen LogP contribution in [-0.4, -0.2) is 37.2 Å². The molecule has 0 saturated heterocycles. The van der Waals surface area contributed by atoms with Crippen molar-refractivity contribution in [1.82, 2.24) is 4.98 Å². The van der Waals surface area contributed by atoms with Crippen molar-refractivity contribution in [1.29, 1.82) is 0 Å². The molecule has 0 atom stereocenters. The summed E-state index contributed by atoms with van der Waals surface area (Å²) in [5, 5.41) is 12.3. The van der Waals surface area contributed by atoms with E-state index in [-0.39, 0.29) is 4.90 Å². The molecule has 8 nitrogen and oxygen atoms in total. The number of primary sulfonamides is 1. The Hall–Kier alpha value is -3.22. The Morgan fingerprint density at radius 3 is 2.03 bits per heavy atom. The van der Waals surface area contributed by atoms with E-state index in [2.05, 4.69) is 4.98 Å². The molecule has 0 spiro atoms. The first kappa shape index (κ1) is 24.1. The maximum absolute atomic E-state index is 11.4. The topological polar surface area (TPSA) is 150 Å². The Bertz CT molecular complexity index is 1130. The van der Waals surface area contributed by atoms with Gasteiger partial charge in [0.1, 0.15) is 5.69 Å². The molecule has 2 aromatic carbocycles. The SMILES string of the molecule is NCCc1nc(-c2ccccc2)c(-c2ccc(S(N)(=O)=O)cc2)o1.O=C(O)C(F)(F)F. The molecule has 3 aromatic rings. The number of hydrogen-bond donors (Lipinski definition) is 3. The Morgan fingerprint density at radius 2 is 1.58 bits per heavy atom. The highest BCUT2D eigenvalue weighted by Crippen LogP contribution is 2.33. The second-order valence-electron chi connectivity index (χ2n) is 6.06. The van der Waals surface area contributed by atoms with E-state index in [4.69, 9.17) is 25.2 Å². The van der Waals surface area contributed by atoms with Crippen LogP contribution in [0.5, 0.6) is 0 Å². The number of sulfonamides is 1. The molecular weight excluding hydrogens is 439 g/mol. The lowest BCUT2D eigenvalue weighted by Crippen LogP contribution is -2.21. The third-order valence-electron chi connectivity index (χ3n) is 3.76. The molecule has 1 aromatic heterocycles. The van der Waals surface area contributed by atoms with Gasteiger partial charge < -0.3 is 15.3 Å². The molecule has 31 heavy (non-hydrogen) atoms. The smallest absolute Gasteiger partial charge is 0.475 e. The predicted molar refractivity (Wildman–Crippen MR) is 105 cm³/mol. The molecule has 0 fully saturated rings. The molecule has 0 saturated carbocycles. The summed E-state index contributed by atoms with van der Waals surface area (Å²) in [6.45, 7) is 0.429. The van der Waals surface area contributed by atoms with Crippen molar-refractivity contribution < 1.29 is 35.9 Å². The number of oxazole rings is 1. The van der Waals surface area contributed by atoms with E-state index in [1.807, 2.05) is 30.3 Å². The minimum absolute atomic E-state index is 0.0502. The van der Waals surface area contributed by atoms with Crippen molar-refractivity contribution in [2.75, 3.05) is 6.54 Å². The van der Waals surface area contributed by atoms with Gasteiger partial charge in [0, 0.05) is 24.1 Å². The molecule has 0 bridgehead atoms. The molecule has 3 rings (SSSR count). The minimum Gasteiger partial charge on any atom is -0.475 e. The average molecular weight is 457 g/mol. The lowest BCUT2D eigenvalue weighted by atomic mass is 10.1. The summed E-state index contributed by atoms with van der Waals surface area (Å²) in [4.78, 5) is 13.5. The summed E-state index contributed by atoms with van der Waals surface area (Å²) in [6.07, 6.45) is -4.56. The first-order valence-corrected chi connectivity index (χ1v) is 10.2. The zero-order valence-corrected chi connectivity index (χ0v) is 16.7. The van der Waals surface area contributed by atoms with E-state index in [1.54, 1.807) is 12.1 Å². The van der Waals surface area contributed by atoms with Gasteiger partial charge in [-0.2, -0.15) is 13.2 Å². The minimum atomic E-state index is -5.08. The van der Waals surface area contributed by atoms with Gasteiger partial charge in [-0.3, -0.25) is 0 Å². The van der Waals surface area contributed by atoms with Crippen LogP contribution in [0, 0.1) is 0 Å². The number of benzene rings is 2. The summed E-state index contributed by atoms with van der Waals surface area (Å²) in [7, 11) is -3.73. The van der Waals surface area contributed by atoms with E-state index < -0.39 is 22.2 Å². The van der Waals surface area contributed by atoms with Gasteiger partial charge in [0.15, 0.2) is 11.7 Å². The Morgan fingerprint density at radius 1 is 1.03 bits per heavy atom. The lowest BCUT2D eigenvalue weighted by molar-refractivity contribution is -0.192. The fourth-order valence-corrected chi connectivity index (χ4v) is 2.89. The number of carboxylic acids is 1. The Kier molecular flexibility index (Phi) is 7.55. The number of carboxylic acid groups (broad SMARTS) is 1. The molecule has 0 amide bonds. The van der Waals surface area contributed by atoms with Crippen LogP contribution in [0.25, 0.3) is 22.6 Å². The number of alkyl halides is 3. The molecule has 0 aliphatic rings. The number of hydrogen-bond acceptors (Lipinski definition) is 6. The second kappa shape index (κ2) is 9.73. The number of nitrogens with two attached hydrogens (primary N) is 2. The van der Waals surface area contributed by atoms with Crippen molar-refractivity contribution in [3.05, 3.63) is 60.5 Å². The van der Waals surface area contributed by atoms with Gasteiger partial charge >= 0.3 is 12.1 Å². The first-order valence-electron chi connectivity index (χ1n) is 8.62. The van der Waals surface area contributed by atoms with Gasteiger partial charge in [0.2, 0.25) is 10.0 Å².